The number of carbonyl (C=O) groups is 1. The van der Waals surface area contributed by atoms with Gasteiger partial charge in [0.05, 0.1) is 25.2 Å². The van der Waals surface area contributed by atoms with E-state index in [0.29, 0.717) is 18.5 Å². The number of hydrogen-bond acceptors (Lipinski definition) is 4. The van der Waals surface area contributed by atoms with Crippen molar-refractivity contribution in [1.29, 1.82) is 0 Å². The van der Waals surface area contributed by atoms with Crippen molar-refractivity contribution in [1.82, 2.24) is 15.5 Å². The van der Waals surface area contributed by atoms with Crippen LogP contribution in [0.5, 0.6) is 0 Å². The quantitative estimate of drug-likeness (QED) is 0.420. The Hall–Kier alpha value is -1.34. The number of nitrogens with one attached hydrogen (secondary N) is 2. The third-order valence-corrected chi connectivity index (χ3v) is 4.45. The van der Waals surface area contributed by atoms with E-state index in [9.17, 15) is 4.79 Å². The molecule has 0 bridgehead atoms. The van der Waals surface area contributed by atoms with Gasteiger partial charge in [0.1, 0.15) is 0 Å². The van der Waals surface area contributed by atoms with Crippen molar-refractivity contribution in [3.63, 3.8) is 0 Å². The normalized spacial score (nSPS) is 18.2. The number of aliphatic imine (C=N–C) groups is 1. The molecule has 1 unspecified atom stereocenters. The molecule has 0 radical (unpaired) electrons. The average Bonchev–Trinajstić information content (AvgIpc) is 2.56. The molecule has 1 atom stereocenters. The van der Waals surface area contributed by atoms with Gasteiger partial charge in [-0.2, -0.15) is 0 Å². The van der Waals surface area contributed by atoms with Gasteiger partial charge in [0.2, 0.25) is 5.91 Å². The van der Waals surface area contributed by atoms with Gasteiger partial charge in [0.15, 0.2) is 5.96 Å². The minimum Gasteiger partial charge on any atom is -0.379 e. The molecule has 0 aliphatic carbocycles. The summed E-state index contributed by atoms with van der Waals surface area (Å²) in [5, 5.41) is 6.69. The first-order valence-corrected chi connectivity index (χ1v) is 9.40. The minimum atomic E-state index is -0.649. The number of hydrogen-bond donors (Lipinski definition) is 3. The van der Waals surface area contributed by atoms with E-state index >= 15 is 0 Å². The van der Waals surface area contributed by atoms with Gasteiger partial charge < -0.3 is 21.1 Å². The number of guanidine groups is 1. The molecule has 7 nitrogen and oxygen atoms in total. The first-order valence-electron chi connectivity index (χ1n) is 9.40. The molecule has 1 amide bonds. The van der Waals surface area contributed by atoms with Gasteiger partial charge in [0.25, 0.3) is 0 Å². The molecule has 4 N–H and O–H groups in total. The van der Waals surface area contributed by atoms with Crippen LogP contribution in [0.25, 0.3) is 0 Å². The Balaban J connectivity index is 2.68. The summed E-state index contributed by atoms with van der Waals surface area (Å²) < 4.78 is 5.48. The molecule has 1 heterocycles. The molecule has 1 fully saturated rings. The van der Waals surface area contributed by atoms with Gasteiger partial charge in [-0.3, -0.25) is 14.7 Å². The Kier molecular flexibility index (Phi) is 9.21. The van der Waals surface area contributed by atoms with Gasteiger partial charge in [-0.25, -0.2) is 0 Å². The van der Waals surface area contributed by atoms with E-state index in [4.69, 9.17) is 10.5 Å². The predicted octanol–water partition coefficient (Wildman–Crippen LogP) is 0.800. The maximum atomic E-state index is 11.5. The summed E-state index contributed by atoms with van der Waals surface area (Å²) in [7, 11) is 0. The zero-order valence-electron chi connectivity index (χ0n) is 16.6. The van der Waals surface area contributed by atoms with Gasteiger partial charge in [0, 0.05) is 32.2 Å². The Morgan fingerprint density at radius 1 is 1.28 bits per heavy atom. The molecular formula is C18H37N5O2. The largest absolute Gasteiger partial charge is 0.379 e. The lowest BCUT2D eigenvalue weighted by atomic mass is 9.93. The smallest absolute Gasteiger partial charge is 0.224 e. The molecule has 1 rings (SSSR count). The number of rotatable bonds is 9. The number of ether oxygens (including phenoxy) is 1. The maximum Gasteiger partial charge on any atom is 0.224 e. The van der Waals surface area contributed by atoms with Crippen LogP contribution in [-0.4, -0.2) is 68.7 Å². The van der Waals surface area contributed by atoms with Crippen molar-refractivity contribution in [3.8, 4) is 0 Å². The highest BCUT2D eigenvalue weighted by Gasteiger charge is 2.25. The molecular weight excluding hydrogens is 318 g/mol. The van der Waals surface area contributed by atoms with Gasteiger partial charge >= 0.3 is 0 Å². The van der Waals surface area contributed by atoms with Crippen LogP contribution in [0.2, 0.25) is 0 Å². The average molecular weight is 356 g/mol. The van der Waals surface area contributed by atoms with Crippen LogP contribution in [0.3, 0.4) is 0 Å². The highest BCUT2D eigenvalue weighted by Crippen LogP contribution is 2.15. The van der Waals surface area contributed by atoms with Gasteiger partial charge in [-0.05, 0) is 33.1 Å². The number of morpholine rings is 1. The number of nitrogens with two attached hydrogens (primary N) is 1. The summed E-state index contributed by atoms with van der Waals surface area (Å²) >= 11 is 0. The second-order valence-electron chi connectivity index (χ2n) is 7.76. The third-order valence-electron chi connectivity index (χ3n) is 4.45. The summed E-state index contributed by atoms with van der Waals surface area (Å²) in [6.45, 7) is 15.7. The molecule has 1 saturated heterocycles. The van der Waals surface area contributed by atoms with E-state index in [1.54, 1.807) is 0 Å². The molecule has 0 aromatic rings. The first kappa shape index (κ1) is 21.7. The van der Waals surface area contributed by atoms with E-state index in [2.05, 4.69) is 34.4 Å². The monoisotopic (exact) mass is 355 g/mol. The van der Waals surface area contributed by atoms with Crippen LogP contribution < -0.4 is 16.4 Å². The highest BCUT2D eigenvalue weighted by molar-refractivity contribution is 5.82. The molecule has 0 aromatic heterocycles. The zero-order valence-corrected chi connectivity index (χ0v) is 16.6. The van der Waals surface area contributed by atoms with Crippen molar-refractivity contribution in [2.45, 2.75) is 47.1 Å². The van der Waals surface area contributed by atoms with E-state index in [-0.39, 0.29) is 5.91 Å². The minimum absolute atomic E-state index is 0.335. The third kappa shape index (κ3) is 8.05. The molecule has 7 heteroatoms. The Bertz CT molecular complexity index is 431. The molecule has 25 heavy (non-hydrogen) atoms. The summed E-state index contributed by atoms with van der Waals surface area (Å²) in [5.41, 5.74) is 4.79. The molecule has 1 aliphatic heterocycles. The van der Waals surface area contributed by atoms with Gasteiger partial charge in [-0.1, -0.05) is 13.8 Å². The van der Waals surface area contributed by atoms with Crippen molar-refractivity contribution in [2.75, 3.05) is 45.9 Å². The number of nitrogens with zero attached hydrogens (tertiary/aromatic N) is 2. The van der Waals surface area contributed by atoms with E-state index in [0.717, 1.165) is 51.8 Å². The van der Waals surface area contributed by atoms with Crippen molar-refractivity contribution in [3.05, 3.63) is 0 Å². The fourth-order valence-electron chi connectivity index (χ4n) is 2.76. The van der Waals surface area contributed by atoms with Crippen molar-refractivity contribution in [2.24, 2.45) is 22.1 Å². The van der Waals surface area contributed by atoms with E-state index < -0.39 is 5.41 Å². The summed E-state index contributed by atoms with van der Waals surface area (Å²) in [5.74, 6) is 1.03. The van der Waals surface area contributed by atoms with Crippen LogP contribution in [0.1, 0.15) is 41.0 Å². The van der Waals surface area contributed by atoms with Crippen LogP contribution in [0.15, 0.2) is 4.99 Å². The fourth-order valence-corrected chi connectivity index (χ4v) is 2.76. The lowest BCUT2D eigenvalue weighted by molar-refractivity contribution is -0.125. The number of amides is 1. The van der Waals surface area contributed by atoms with E-state index in [1.807, 2.05) is 20.8 Å². The van der Waals surface area contributed by atoms with Crippen LogP contribution >= 0.6 is 0 Å². The Morgan fingerprint density at radius 3 is 2.44 bits per heavy atom. The van der Waals surface area contributed by atoms with Crippen molar-refractivity contribution >= 4 is 11.9 Å². The fraction of sp³-hybridized carbons (Fsp3) is 0.889. The standard InChI is InChI=1S/C18H37N5O2/c1-6-20-17(22-13-18(4,5)16(19)24)21-12-15(11-14(2)3)23-7-9-25-10-8-23/h14-15H,6-13H2,1-5H3,(H2,19,24)(H2,20,21,22). The second kappa shape index (κ2) is 10.6. The zero-order chi connectivity index (χ0) is 18.9. The summed E-state index contributed by atoms with van der Waals surface area (Å²) in [6.07, 6.45) is 1.12. The lowest BCUT2D eigenvalue weighted by Crippen LogP contribution is -2.51. The summed E-state index contributed by atoms with van der Waals surface area (Å²) in [6, 6.07) is 0.442. The molecule has 0 saturated carbocycles. The van der Waals surface area contributed by atoms with Gasteiger partial charge in [-0.15, -0.1) is 0 Å². The van der Waals surface area contributed by atoms with Crippen LogP contribution in [0, 0.1) is 11.3 Å². The molecule has 0 aromatic carbocycles. The molecule has 1 aliphatic rings. The summed E-state index contributed by atoms with van der Waals surface area (Å²) in [4.78, 5) is 18.5. The van der Waals surface area contributed by atoms with Crippen LogP contribution in [-0.2, 0) is 9.53 Å². The maximum absolute atomic E-state index is 11.5. The SMILES string of the molecule is CCNC(=NCC(C)(C)C(N)=O)NCC(CC(C)C)N1CCOCC1. The number of carbonyl (C=O) groups excluding carboxylic acids is 1. The Labute approximate surface area is 152 Å². The van der Waals surface area contributed by atoms with Crippen LogP contribution in [0.4, 0.5) is 0 Å². The second-order valence-corrected chi connectivity index (χ2v) is 7.76. The topological polar surface area (TPSA) is 92.0 Å². The highest BCUT2D eigenvalue weighted by atomic mass is 16.5. The first-order chi connectivity index (χ1) is 11.8. The lowest BCUT2D eigenvalue weighted by Gasteiger charge is -2.35. The predicted molar refractivity (Wildman–Crippen MR) is 103 cm³/mol. The van der Waals surface area contributed by atoms with Crippen molar-refractivity contribution < 1.29 is 9.53 Å². The Morgan fingerprint density at radius 2 is 1.92 bits per heavy atom. The number of primary amides is 1. The molecule has 146 valence electrons. The van der Waals surface area contributed by atoms with E-state index in [1.165, 1.54) is 0 Å². The molecule has 0 spiro atoms.